The molecule has 0 atom stereocenters. The van der Waals surface area contributed by atoms with Crippen molar-refractivity contribution < 1.29 is 38.1 Å². The minimum absolute atomic E-state index is 0.0482. The molecule has 4 aromatic carbocycles. The highest BCUT2D eigenvalue weighted by Crippen LogP contribution is 2.35. The van der Waals surface area contributed by atoms with Crippen molar-refractivity contribution in [1.29, 1.82) is 0 Å². The van der Waals surface area contributed by atoms with Crippen LogP contribution in [0.5, 0.6) is 11.5 Å². The first-order valence-electron chi connectivity index (χ1n) is 29.6. The number of aryl methyl sites for hydroxylation is 2. The first-order valence-corrected chi connectivity index (χ1v) is 31.4. The molecule has 6 heterocycles. The van der Waals surface area contributed by atoms with E-state index < -0.39 is 0 Å². The van der Waals surface area contributed by atoms with E-state index in [4.69, 9.17) is 18.9 Å². The summed E-state index contributed by atoms with van der Waals surface area (Å²) in [5.74, 6) is 0.771. The van der Waals surface area contributed by atoms with E-state index in [2.05, 4.69) is 78.9 Å². The summed E-state index contributed by atoms with van der Waals surface area (Å²) in [7, 11) is 0. The Hall–Kier alpha value is -6.20. The molecule has 0 spiro atoms. The van der Waals surface area contributed by atoms with E-state index in [1.165, 1.54) is 31.5 Å². The lowest BCUT2D eigenvalue weighted by Gasteiger charge is -2.36. The van der Waals surface area contributed by atoms with Gasteiger partial charge in [-0.1, -0.05) is 62.8 Å². The number of hydrogen-bond acceptors (Lipinski definition) is 14. The molecule has 2 fully saturated rings. The predicted octanol–water partition coefficient (Wildman–Crippen LogP) is 12.2. The van der Waals surface area contributed by atoms with Gasteiger partial charge in [0.1, 0.15) is 11.5 Å². The number of fused-ring (bicyclic) bond motifs is 4. The molecule has 4 aliphatic heterocycles. The molecule has 14 nitrogen and oxygen atoms in total. The molecule has 80 heavy (non-hydrogen) atoms. The van der Waals surface area contributed by atoms with E-state index in [9.17, 15) is 19.2 Å². The number of amides is 2. The first kappa shape index (κ1) is 57.1. The van der Waals surface area contributed by atoms with Crippen LogP contribution in [0.4, 0.5) is 22.7 Å². The number of carbonyl (C=O) groups is 4. The Morgan fingerprint density at radius 3 is 1.30 bits per heavy atom. The van der Waals surface area contributed by atoms with E-state index in [-0.39, 0.29) is 37.2 Å². The number of hydrogen-bond donors (Lipinski definition) is 0. The van der Waals surface area contributed by atoms with Crippen LogP contribution in [0.25, 0.3) is 20.2 Å². The second-order valence-corrected chi connectivity index (χ2v) is 23.7. The maximum Gasteiger partial charge on any atom is 0.307 e. The number of rotatable bonds is 29. The lowest BCUT2D eigenvalue weighted by atomic mass is 10.0. The number of esters is 2. The third-order valence-corrected chi connectivity index (χ3v) is 18.1. The van der Waals surface area contributed by atoms with E-state index >= 15 is 0 Å². The minimum Gasteiger partial charge on any atom is -0.494 e. The van der Waals surface area contributed by atoms with E-state index in [0.29, 0.717) is 51.7 Å². The van der Waals surface area contributed by atoms with Gasteiger partial charge < -0.3 is 28.7 Å². The molecule has 4 aliphatic rings. The summed E-state index contributed by atoms with van der Waals surface area (Å²) in [5, 5.41) is 7.07. The van der Waals surface area contributed by atoms with Gasteiger partial charge in [0.25, 0.3) is 0 Å². The van der Waals surface area contributed by atoms with E-state index in [1.54, 1.807) is 32.5 Å². The lowest BCUT2D eigenvalue weighted by Crippen LogP contribution is -2.46. The zero-order valence-corrected chi connectivity index (χ0v) is 48.3. The van der Waals surface area contributed by atoms with Crippen LogP contribution in [-0.2, 0) is 41.5 Å². The molecule has 0 radical (unpaired) electrons. The molecule has 426 valence electrons. The molecule has 0 unspecified atom stereocenters. The number of piperazine rings is 2. The fraction of sp³-hybridized carbons (Fsp3) is 0.500. The van der Waals surface area contributed by atoms with E-state index in [1.807, 2.05) is 36.4 Å². The zero-order valence-electron chi connectivity index (χ0n) is 46.6. The van der Waals surface area contributed by atoms with Gasteiger partial charge in [-0.25, -0.2) is 0 Å². The van der Waals surface area contributed by atoms with Crippen LogP contribution in [0.15, 0.2) is 95.7 Å². The number of carbonyl (C=O) groups excluding carboxylic acids is 4. The smallest absolute Gasteiger partial charge is 0.307 e. The molecular formula is C64H80N6O8S2. The number of thiophene rings is 2. The fourth-order valence-corrected chi connectivity index (χ4v) is 13.3. The summed E-state index contributed by atoms with van der Waals surface area (Å²) >= 11 is 3.60. The Morgan fingerprint density at radius 2 is 0.863 bits per heavy atom. The van der Waals surface area contributed by atoms with Crippen molar-refractivity contribution in [3.63, 3.8) is 0 Å². The summed E-state index contributed by atoms with van der Waals surface area (Å²) in [4.78, 5) is 64.9. The molecule has 0 saturated carbocycles. The van der Waals surface area contributed by atoms with Crippen LogP contribution in [-0.4, -0.2) is 126 Å². The molecule has 0 aliphatic carbocycles. The Bertz CT molecular complexity index is 2800. The third-order valence-electron chi connectivity index (χ3n) is 16.4. The van der Waals surface area contributed by atoms with Crippen LogP contribution in [0, 0.1) is 0 Å². The fourth-order valence-electron chi connectivity index (χ4n) is 11.7. The SMILES string of the molecule is O=C(CCCCCCCCCCC(=O)OCN1C(=O)CCc2ccc(OCCCCN3CCN(c4cccc5sccc45)CC3)cc21)OCN1C(=O)CCc2ccc(OCCCCN3CCN(c4cccc5sccc45)CC3)cc21. The second kappa shape index (κ2) is 29.0. The number of benzene rings is 4. The molecular weight excluding hydrogens is 1040 g/mol. The molecule has 6 aromatic rings. The quantitative estimate of drug-likeness (QED) is 0.0328. The van der Waals surface area contributed by atoms with Gasteiger partial charge in [-0.05, 0) is 135 Å². The minimum atomic E-state index is -0.292. The summed E-state index contributed by atoms with van der Waals surface area (Å²) < 4.78 is 26.3. The van der Waals surface area contributed by atoms with Gasteiger partial charge in [0.05, 0.1) is 24.6 Å². The highest BCUT2D eigenvalue weighted by Gasteiger charge is 2.28. The van der Waals surface area contributed by atoms with Crippen molar-refractivity contribution in [2.24, 2.45) is 0 Å². The van der Waals surface area contributed by atoms with Crippen molar-refractivity contribution in [1.82, 2.24) is 9.80 Å². The normalized spacial score (nSPS) is 16.1. The van der Waals surface area contributed by atoms with Crippen LogP contribution >= 0.6 is 22.7 Å². The molecule has 16 heteroatoms. The number of nitrogens with zero attached hydrogens (tertiary/aromatic N) is 6. The van der Waals surface area contributed by atoms with Crippen molar-refractivity contribution >= 4 is 89.3 Å². The van der Waals surface area contributed by atoms with Crippen molar-refractivity contribution in [3.8, 4) is 11.5 Å². The summed E-state index contributed by atoms with van der Waals surface area (Å²) in [6.07, 6.45) is 14.2. The number of unbranched alkanes of at least 4 members (excludes halogenated alkanes) is 9. The Labute approximate surface area is 480 Å². The maximum atomic E-state index is 13.0. The number of anilines is 4. The largest absolute Gasteiger partial charge is 0.494 e. The standard InChI is InChI=1S/C64H80N6O8S2/c71-61-27-23-49-21-25-51(75-41-11-9-31-65-33-37-67(38-34-65)55-15-13-17-59-53(55)29-43-79-59)45-57(49)69(61)47-77-63(73)19-7-5-3-1-2-4-6-8-20-64(74)78-48-70-58-46-52(26-22-50(58)24-28-62(70)72)76-42-12-10-32-66-35-39-68(40-36-66)56-16-14-18-60-54(56)30-44-80-60/h13-18,21-22,25-26,29-30,43-46H,1-12,19-20,23-24,27-28,31-42,47-48H2. The van der Waals surface area contributed by atoms with Crippen LogP contribution in [0.3, 0.4) is 0 Å². The van der Waals surface area contributed by atoms with Gasteiger partial charge in [0, 0.05) is 122 Å². The maximum absolute atomic E-state index is 13.0. The Balaban J connectivity index is 0.537. The molecule has 0 bridgehead atoms. The predicted molar refractivity (Wildman–Crippen MR) is 323 cm³/mol. The van der Waals surface area contributed by atoms with Crippen LogP contribution in [0.1, 0.15) is 114 Å². The van der Waals surface area contributed by atoms with E-state index in [0.717, 1.165) is 176 Å². The third kappa shape index (κ3) is 15.4. The zero-order chi connectivity index (χ0) is 54.9. The van der Waals surface area contributed by atoms with Gasteiger partial charge in [-0.2, -0.15) is 0 Å². The van der Waals surface area contributed by atoms with Crippen LogP contribution in [0.2, 0.25) is 0 Å². The van der Waals surface area contributed by atoms with Crippen molar-refractivity contribution in [2.75, 3.05) is 112 Å². The monoisotopic (exact) mass is 1120 g/mol. The average Bonchev–Trinajstić information content (AvgIpc) is 4.20. The van der Waals surface area contributed by atoms with Crippen molar-refractivity contribution in [2.45, 2.75) is 116 Å². The van der Waals surface area contributed by atoms with Gasteiger partial charge >= 0.3 is 11.9 Å². The molecule has 0 N–H and O–H groups in total. The summed E-state index contributed by atoms with van der Waals surface area (Å²) in [6.45, 7) is 11.5. The second-order valence-electron chi connectivity index (χ2n) is 21.8. The van der Waals surface area contributed by atoms with Gasteiger partial charge in [-0.15, -0.1) is 22.7 Å². The van der Waals surface area contributed by atoms with Crippen molar-refractivity contribution in [3.05, 3.63) is 107 Å². The van der Waals surface area contributed by atoms with Gasteiger partial charge in [-0.3, -0.25) is 38.8 Å². The topological polar surface area (TPSA) is 125 Å². The highest BCUT2D eigenvalue weighted by molar-refractivity contribution is 7.17. The Kier molecular flexibility index (Phi) is 20.7. The molecule has 2 saturated heterocycles. The first-order chi connectivity index (χ1) is 39.3. The molecule has 10 rings (SSSR count). The summed E-state index contributed by atoms with van der Waals surface area (Å²) in [6, 6.07) is 29.6. The number of ether oxygens (including phenoxy) is 4. The van der Waals surface area contributed by atoms with Crippen LogP contribution < -0.4 is 29.1 Å². The average molecular weight is 1130 g/mol. The molecule has 2 aromatic heterocycles. The lowest BCUT2D eigenvalue weighted by molar-refractivity contribution is -0.145. The van der Waals surface area contributed by atoms with Gasteiger partial charge in [0.2, 0.25) is 11.8 Å². The Morgan fingerprint density at radius 1 is 0.438 bits per heavy atom. The summed E-state index contributed by atoms with van der Waals surface area (Å²) in [5.41, 5.74) is 6.34. The highest BCUT2D eigenvalue weighted by atomic mass is 32.1. The van der Waals surface area contributed by atoms with Gasteiger partial charge in [0.15, 0.2) is 13.5 Å². The molecule has 2 amide bonds.